The van der Waals surface area contributed by atoms with Gasteiger partial charge in [0.05, 0.1) is 0 Å². The molecule has 1 aromatic heterocycles. The standard InChI is InChI=1S/C7H12N2OS/c1-2-8-3-4-9-5-6-11-7(9)10/h5-6,8H,2-4H2,1H3. The van der Waals surface area contributed by atoms with Crippen molar-refractivity contribution in [2.45, 2.75) is 13.5 Å². The van der Waals surface area contributed by atoms with Crippen molar-refractivity contribution in [3.63, 3.8) is 0 Å². The smallest absolute Gasteiger partial charge is 0.307 e. The zero-order valence-corrected chi connectivity index (χ0v) is 7.36. The van der Waals surface area contributed by atoms with E-state index in [1.54, 1.807) is 4.57 Å². The highest BCUT2D eigenvalue weighted by molar-refractivity contribution is 7.07. The fourth-order valence-electron chi connectivity index (χ4n) is 0.833. The molecule has 0 saturated carbocycles. The van der Waals surface area contributed by atoms with Crippen LogP contribution in [0, 0.1) is 0 Å². The third kappa shape index (κ3) is 2.48. The van der Waals surface area contributed by atoms with Gasteiger partial charge in [0, 0.05) is 24.7 Å². The third-order valence-corrected chi connectivity index (χ3v) is 2.12. The summed E-state index contributed by atoms with van der Waals surface area (Å²) in [6.45, 7) is 4.65. The van der Waals surface area contributed by atoms with Crippen LogP contribution in [0.3, 0.4) is 0 Å². The topological polar surface area (TPSA) is 34.0 Å². The van der Waals surface area contributed by atoms with Crippen LogP contribution in [-0.2, 0) is 6.54 Å². The van der Waals surface area contributed by atoms with Gasteiger partial charge < -0.3 is 9.88 Å². The number of hydrogen-bond acceptors (Lipinski definition) is 3. The Morgan fingerprint density at radius 1 is 1.73 bits per heavy atom. The Morgan fingerprint density at radius 2 is 2.55 bits per heavy atom. The molecule has 0 fully saturated rings. The molecule has 0 bridgehead atoms. The van der Waals surface area contributed by atoms with Crippen molar-refractivity contribution >= 4 is 11.3 Å². The van der Waals surface area contributed by atoms with Crippen LogP contribution >= 0.6 is 11.3 Å². The van der Waals surface area contributed by atoms with Crippen LogP contribution < -0.4 is 10.2 Å². The molecular weight excluding hydrogens is 160 g/mol. The van der Waals surface area contributed by atoms with Crippen molar-refractivity contribution in [3.05, 3.63) is 21.2 Å². The minimum atomic E-state index is 0.128. The first kappa shape index (κ1) is 8.49. The van der Waals surface area contributed by atoms with Crippen LogP contribution in [0.2, 0.25) is 0 Å². The van der Waals surface area contributed by atoms with Crippen LogP contribution in [0.15, 0.2) is 16.4 Å². The minimum absolute atomic E-state index is 0.128. The lowest BCUT2D eigenvalue weighted by atomic mass is 10.6. The number of nitrogens with zero attached hydrogens (tertiary/aromatic N) is 1. The zero-order chi connectivity index (χ0) is 8.10. The van der Waals surface area contributed by atoms with Gasteiger partial charge in [0.1, 0.15) is 0 Å². The van der Waals surface area contributed by atoms with Crippen molar-refractivity contribution in [3.8, 4) is 0 Å². The van der Waals surface area contributed by atoms with Gasteiger partial charge in [-0.15, -0.1) is 0 Å². The van der Waals surface area contributed by atoms with Gasteiger partial charge in [0.15, 0.2) is 0 Å². The second kappa shape index (κ2) is 4.31. The molecule has 1 N–H and O–H groups in total. The SMILES string of the molecule is CCNCCn1ccsc1=O. The molecule has 0 aromatic carbocycles. The number of hydrogen-bond donors (Lipinski definition) is 1. The summed E-state index contributed by atoms with van der Waals surface area (Å²) < 4.78 is 1.72. The molecule has 0 spiro atoms. The van der Waals surface area contributed by atoms with E-state index in [1.807, 2.05) is 11.6 Å². The van der Waals surface area contributed by atoms with E-state index < -0.39 is 0 Å². The molecule has 11 heavy (non-hydrogen) atoms. The summed E-state index contributed by atoms with van der Waals surface area (Å²) in [7, 11) is 0. The largest absolute Gasteiger partial charge is 0.315 e. The minimum Gasteiger partial charge on any atom is -0.315 e. The second-order valence-electron chi connectivity index (χ2n) is 2.22. The average Bonchev–Trinajstić information content (AvgIpc) is 2.37. The molecule has 1 rings (SSSR count). The van der Waals surface area contributed by atoms with E-state index in [1.165, 1.54) is 11.3 Å². The molecule has 0 amide bonds. The Labute approximate surface area is 69.7 Å². The number of thiazole rings is 1. The summed E-state index contributed by atoms with van der Waals surface area (Å²) in [6.07, 6.45) is 1.82. The molecule has 4 heteroatoms. The monoisotopic (exact) mass is 172 g/mol. The highest BCUT2D eigenvalue weighted by Crippen LogP contribution is 1.87. The van der Waals surface area contributed by atoms with Gasteiger partial charge in [-0.2, -0.15) is 0 Å². The fourth-order valence-corrected chi connectivity index (χ4v) is 1.44. The summed E-state index contributed by atoms with van der Waals surface area (Å²) in [6, 6.07) is 0. The molecule has 0 aliphatic carbocycles. The zero-order valence-electron chi connectivity index (χ0n) is 6.54. The number of aromatic nitrogens is 1. The lowest BCUT2D eigenvalue weighted by Crippen LogP contribution is -2.23. The predicted molar refractivity (Wildman–Crippen MR) is 47.1 cm³/mol. The van der Waals surface area contributed by atoms with Crippen molar-refractivity contribution < 1.29 is 0 Å². The summed E-state index contributed by atoms with van der Waals surface area (Å²) in [5.74, 6) is 0. The van der Waals surface area contributed by atoms with E-state index in [2.05, 4.69) is 12.2 Å². The molecule has 0 saturated heterocycles. The molecular formula is C7H12N2OS. The van der Waals surface area contributed by atoms with E-state index in [4.69, 9.17) is 0 Å². The van der Waals surface area contributed by atoms with Gasteiger partial charge >= 0.3 is 4.87 Å². The van der Waals surface area contributed by atoms with E-state index in [0.717, 1.165) is 19.6 Å². The van der Waals surface area contributed by atoms with Gasteiger partial charge in [-0.1, -0.05) is 18.3 Å². The van der Waals surface area contributed by atoms with Crippen molar-refractivity contribution in [1.29, 1.82) is 0 Å². The molecule has 1 aromatic rings. The second-order valence-corrected chi connectivity index (χ2v) is 3.07. The van der Waals surface area contributed by atoms with Crippen LogP contribution in [-0.4, -0.2) is 17.7 Å². The Morgan fingerprint density at radius 3 is 3.09 bits per heavy atom. The number of likely N-dealkylation sites (N-methyl/N-ethyl adjacent to an activating group) is 1. The van der Waals surface area contributed by atoms with Crippen LogP contribution in [0.4, 0.5) is 0 Å². The Kier molecular flexibility index (Phi) is 3.32. The van der Waals surface area contributed by atoms with Crippen molar-refractivity contribution in [1.82, 2.24) is 9.88 Å². The number of nitrogens with one attached hydrogen (secondary N) is 1. The molecule has 1 heterocycles. The molecule has 0 radical (unpaired) electrons. The summed E-state index contributed by atoms with van der Waals surface area (Å²) >= 11 is 1.24. The van der Waals surface area contributed by atoms with Gasteiger partial charge in [-0.3, -0.25) is 4.79 Å². The van der Waals surface area contributed by atoms with Crippen LogP contribution in [0.5, 0.6) is 0 Å². The highest BCUT2D eigenvalue weighted by Gasteiger charge is 1.93. The Bertz CT molecular complexity index is 253. The first-order chi connectivity index (χ1) is 5.34. The van der Waals surface area contributed by atoms with Crippen molar-refractivity contribution in [2.24, 2.45) is 0 Å². The molecule has 3 nitrogen and oxygen atoms in total. The Hall–Kier alpha value is -0.610. The average molecular weight is 172 g/mol. The Balaban J connectivity index is 2.39. The highest BCUT2D eigenvalue weighted by atomic mass is 32.1. The van der Waals surface area contributed by atoms with E-state index in [-0.39, 0.29) is 4.87 Å². The van der Waals surface area contributed by atoms with E-state index in [0.29, 0.717) is 0 Å². The fraction of sp³-hybridized carbons (Fsp3) is 0.571. The van der Waals surface area contributed by atoms with Gasteiger partial charge in [0.2, 0.25) is 0 Å². The third-order valence-electron chi connectivity index (χ3n) is 1.42. The molecule has 62 valence electrons. The first-order valence-electron chi connectivity index (χ1n) is 3.69. The molecule has 0 aliphatic heterocycles. The summed E-state index contributed by atoms with van der Waals surface area (Å²) in [5, 5.41) is 4.97. The van der Waals surface area contributed by atoms with Gasteiger partial charge in [-0.05, 0) is 6.54 Å². The predicted octanol–water partition coefficient (Wildman–Crippen LogP) is 0.519. The molecule has 0 atom stereocenters. The van der Waals surface area contributed by atoms with E-state index in [9.17, 15) is 4.79 Å². The maximum atomic E-state index is 11.0. The van der Waals surface area contributed by atoms with Gasteiger partial charge in [-0.25, -0.2) is 0 Å². The normalized spacial score (nSPS) is 10.3. The summed E-state index contributed by atoms with van der Waals surface area (Å²) in [5.41, 5.74) is 0. The molecule has 0 unspecified atom stereocenters. The quantitative estimate of drug-likeness (QED) is 0.672. The van der Waals surface area contributed by atoms with Crippen LogP contribution in [0.1, 0.15) is 6.92 Å². The van der Waals surface area contributed by atoms with E-state index >= 15 is 0 Å². The lowest BCUT2D eigenvalue weighted by molar-refractivity contribution is 0.607. The van der Waals surface area contributed by atoms with Crippen molar-refractivity contribution in [2.75, 3.05) is 13.1 Å². The lowest BCUT2D eigenvalue weighted by Gasteiger charge is -2.00. The van der Waals surface area contributed by atoms with Crippen LogP contribution in [0.25, 0.3) is 0 Å². The maximum Gasteiger partial charge on any atom is 0.307 e. The maximum absolute atomic E-state index is 11.0. The number of rotatable bonds is 4. The molecule has 0 aliphatic rings. The summed E-state index contributed by atoms with van der Waals surface area (Å²) in [4.78, 5) is 11.1. The first-order valence-corrected chi connectivity index (χ1v) is 4.57. The van der Waals surface area contributed by atoms with Gasteiger partial charge in [0.25, 0.3) is 0 Å².